The van der Waals surface area contributed by atoms with E-state index in [1.807, 2.05) is 12.1 Å². The largest absolute Gasteiger partial charge is 0.389 e. The minimum absolute atomic E-state index is 0.458. The number of anilines is 1. The first-order valence-corrected chi connectivity index (χ1v) is 8.45. The minimum Gasteiger partial charge on any atom is -0.389 e. The summed E-state index contributed by atoms with van der Waals surface area (Å²) < 4.78 is 0. The number of hydrogen-bond donors (Lipinski definition) is 2. The molecule has 0 aromatic heterocycles. The first-order chi connectivity index (χ1) is 9.75. The monoisotopic (exact) mass is 302 g/mol. The quantitative estimate of drug-likeness (QED) is 0.846. The molecule has 104 valence electrons. The van der Waals surface area contributed by atoms with E-state index < -0.39 is 0 Å². The highest BCUT2D eigenvalue weighted by Crippen LogP contribution is 2.28. The Labute approximate surface area is 129 Å². The second kappa shape index (κ2) is 6.02. The van der Waals surface area contributed by atoms with Gasteiger partial charge < -0.3 is 11.1 Å². The zero-order valence-corrected chi connectivity index (χ0v) is 12.9. The molecule has 1 fully saturated rings. The van der Waals surface area contributed by atoms with E-state index in [1.165, 1.54) is 29.0 Å². The standard InChI is InChI=1S/C16H18N2S2/c17-16(19)14-5-6-15(13-4-2-1-3-12(13)14)18-9-11-7-8-20-10-11/h1-6,11,18H,7-10H2,(H2,17,19). The van der Waals surface area contributed by atoms with Gasteiger partial charge in [0.15, 0.2) is 0 Å². The molecule has 1 unspecified atom stereocenters. The summed E-state index contributed by atoms with van der Waals surface area (Å²) in [5, 5.41) is 5.93. The van der Waals surface area contributed by atoms with Crippen molar-refractivity contribution in [3.8, 4) is 0 Å². The number of nitrogens with one attached hydrogen (secondary N) is 1. The fourth-order valence-electron chi connectivity index (χ4n) is 2.67. The highest BCUT2D eigenvalue weighted by Gasteiger charge is 2.15. The molecular weight excluding hydrogens is 284 g/mol. The van der Waals surface area contributed by atoms with Crippen molar-refractivity contribution in [2.45, 2.75) is 6.42 Å². The summed E-state index contributed by atoms with van der Waals surface area (Å²) in [6, 6.07) is 12.4. The Morgan fingerprint density at radius 1 is 1.25 bits per heavy atom. The summed E-state index contributed by atoms with van der Waals surface area (Å²) in [5.41, 5.74) is 7.95. The summed E-state index contributed by atoms with van der Waals surface area (Å²) >= 11 is 7.19. The molecule has 2 nitrogen and oxygen atoms in total. The van der Waals surface area contributed by atoms with Gasteiger partial charge in [0.1, 0.15) is 4.99 Å². The maximum atomic E-state index is 5.81. The Morgan fingerprint density at radius 2 is 2.05 bits per heavy atom. The highest BCUT2D eigenvalue weighted by atomic mass is 32.2. The Bertz CT molecular complexity index is 633. The van der Waals surface area contributed by atoms with Crippen LogP contribution in [-0.4, -0.2) is 23.0 Å². The fraction of sp³-hybridized carbons (Fsp3) is 0.312. The van der Waals surface area contributed by atoms with Crippen LogP contribution in [0.2, 0.25) is 0 Å². The van der Waals surface area contributed by atoms with Crippen LogP contribution in [0.3, 0.4) is 0 Å². The van der Waals surface area contributed by atoms with Gasteiger partial charge in [0.2, 0.25) is 0 Å². The van der Waals surface area contributed by atoms with Gasteiger partial charge in [-0.2, -0.15) is 11.8 Å². The van der Waals surface area contributed by atoms with E-state index in [9.17, 15) is 0 Å². The number of fused-ring (bicyclic) bond motifs is 1. The second-order valence-electron chi connectivity index (χ2n) is 5.18. The maximum Gasteiger partial charge on any atom is 0.104 e. The van der Waals surface area contributed by atoms with Crippen LogP contribution in [0.5, 0.6) is 0 Å². The molecule has 1 aliphatic rings. The lowest BCUT2D eigenvalue weighted by Gasteiger charge is -2.15. The van der Waals surface area contributed by atoms with Gasteiger partial charge in [0.25, 0.3) is 0 Å². The van der Waals surface area contributed by atoms with Crippen molar-refractivity contribution < 1.29 is 0 Å². The Morgan fingerprint density at radius 3 is 2.75 bits per heavy atom. The van der Waals surface area contributed by atoms with Gasteiger partial charge in [-0.05, 0) is 41.4 Å². The predicted molar refractivity (Wildman–Crippen MR) is 93.8 cm³/mol. The molecule has 1 heterocycles. The molecule has 2 aromatic rings. The van der Waals surface area contributed by atoms with Gasteiger partial charge in [-0.3, -0.25) is 0 Å². The lowest BCUT2D eigenvalue weighted by Crippen LogP contribution is -2.14. The van der Waals surface area contributed by atoms with E-state index in [-0.39, 0.29) is 0 Å². The summed E-state index contributed by atoms with van der Waals surface area (Å²) in [6.07, 6.45) is 1.32. The molecule has 0 amide bonds. The van der Waals surface area contributed by atoms with Crippen molar-refractivity contribution in [2.24, 2.45) is 11.7 Å². The van der Waals surface area contributed by atoms with Gasteiger partial charge in [0.05, 0.1) is 0 Å². The molecule has 0 aliphatic carbocycles. The van der Waals surface area contributed by atoms with Crippen LogP contribution in [0.1, 0.15) is 12.0 Å². The van der Waals surface area contributed by atoms with Crippen LogP contribution < -0.4 is 11.1 Å². The maximum absolute atomic E-state index is 5.81. The smallest absolute Gasteiger partial charge is 0.104 e. The normalized spacial score (nSPS) is 18.3. The van der Waals surface area contributed by atoms with Crippen LogP contribution in [0.4, 0.5) is 5.69 Å². The van der Waals surface area contributed by atoms with Gasteiger partial charge in [-0.25, -0.2) is 0 Å². The summed E-state index contributed by atoms with van der Waals surface area (Å²) in [7, 11) is 0. The summed E-state index contributed by atoms with van der Waals surface area (Å²) in [6.45, 7) is 1.05. The van der Waals surface area contributed by atoms with Gasteiger partial charge in [-0.1, -0.05) is 36.5 Å². The Kier molecular flexibility index (Phi) is 4.13. The van der Waals surface area contributed by atoms with E-state index in [1.54, 1.807) is 0 Å². The number of thioether (sulfide) groups is 1. The summed E-state index contributed by atoms with van der Waals surface area (Å²) in [4.78, 5) is 0.458. The van der Waals surface area contributed by atoms with Crippen LogP contribution in [0.15, 0.2) is 36.4 Å². The molecule has 3 N–H and O–H groups in total. The molecule has 1 aliphatic heterocycles. The van der Waals surface area contributed by atoms with Crippen LogP contribution in [0, 0.1) is 5.92 Å². The van der Waals surface area contributed by atoms with Gasteiger partial charge in [0, 0.05) is 23.2 Å². The van der Waals surface area contributed by atoms with E-state index in [2.05, 4.69) is 41.3 Å². The molecule has 1 atom stereocenters. The van der Waals surface area contributed by atoms with Gasteiger partial charge in [-0.15, -0.1) is 0 Å². The number of rotatable bonds is 4. The first-order valence-electron chi connectivity index (χ1n) is 6.89. The predicted octanol–water partition coefficient (Wildman–Crippen LogP) is 3.64. The second-order valence-corrected chi connectivity index (χ2v) is 6.77. The highest BCUT2D eigenvalue weighted by molar-refractivity contribution is 7.99. The van der Waals surface area contributed by atoms with Crippen LogP contribution in [0.25, 0.3) is 10.8 Å². The van der Waals surface area contributed by atoms with E-state index in [0.717, 1.165) is 23.4 Å². The molecular formula is C16H18N2S2. The lowest BCUT2D eigenvalue weighted by molar-refractivity contribution is 0.632. The van der Waals surface area contributed by atoms with E-state index >= 15 is 0 Å². The number of hydrogen-bond acceptors (Lipinski definition) is 3. The SMILES string of the molecule is NC(=S)c1ccc(NCC2CCSC2)c2ccccc12. The molecule has 3 rings (SSSR count). The third kappa shape index (κ3) is 2.76. The van der Waals surface area contributed by atoms with E-state index in [0.29, 0.717) is 4.99 Å². The average Bonchev–Trinajstić information content (AvgIpc) is 2.97. The zero-order valence-electron chi connectivity index (χ0n) is 11.3. The van der Waals surface area contributed by atoms with E-state index in [4.69, 9.17) is 18.0 Å². The van der Waals surface area contributed by atoms with Crippen LogP contribution in [-0.2, 0) is 0 Å². The van der Waals surface area contributed by atoms with Crippen molar-refractivity contribution >= 4 is 45.4 Å². The molecule has 4 heteroatoms. The topological polar surface area (TPSA) is 38.0 Å². The minimum atomic E-state index is 0.458. The number of benzene rings is 2. The third-order valence-electron chi connectivity index (χ3n) is 3.79. The molecule has 1 saturated heterocycles. The van der Waals surface area contributed by atoms with Crippen molar-refractivity contribution in [1.82, 2.24) is 0 Å². The molecule has 0 bridgehead atoms. The molecule has 20 heavy (non-hydrogen) atoms. The van der Waals surface area contributed by atoms with Crippen LogP contribution >= 0.6 is 24.0 Å². The molecule has 0 radical (unpaired) electrons. The lowest BCUT2D eigenvalue weighted by atomic mass is 10.0. The number of nitrogens with two attached hydrogens (primary N) is 1. The number of thiocarbonyl (C=S) groups is 1. The molecule has 2 aromatic carbocycles. The van der Waals surface area contributed by atoms with Gasteiger partial charge >= 0.3 is 0 Å². The van der Waals surface area contributed by atoms with Crippen molar-refractivity contribution in [3.05, 3.63) is 42.0 Å². The van der Waals surface area contributed by atoms with Crippen molar-refractivity contribution in [3.63, 3.8) is 0 Å². The van der Waals surface area contributed by atoms with Crippen molar-refractivity contribution in [1.29, 1.82) is 0 Å². The first kappa shape index (κ1) is 13.7. The Balaban J connectivity index is 1.91. The fourth-order valence-corrected chi connectivity index (χ4v) is 4.13. The third-order valence-corrected chi connectivity index (χ3v) is 5.25. The van der Waals surface area contributed by atoms with Crippen molar-refractivity contribution in [2.75, 3.05) is 23.4 Å². The Hall–Kier alpha value is -1.26. The molecule has 0 saturated carbocycles. The zero-order chi connectivity index (χ0) is 13.9. The average molecular weight is 302 g/mol. The molecule has 0 spiro atoms. The summed E-state index contributed by atoms with van der Waals surface area (Å²) in [5.74, 6) is 3.36.